The molecule has 3 heterocycles. The molecule has 2 aromatic heterocycles. The van der Waals surface area contributed by atoms with Crippen molar-refractivity contribution in [3.05, 3.63) is 27.8 Å². The van der Waals surface area contributed by atoms with Crippen molar-refractivity contribution < 1.29 is 9.32 Å². The van der Waals surface area contributed by atoms with Gasteiger partial charge >= 0.3 is 6.03 Å². The number of hydrogen-bond acceptors (Lipinski definition) is 6. The van der Waals surface area contributed by atoms with E-state index < -0.39 is 0 Å². The number of rotatable bonds is 3. The minimum absolute atomic E-state index is 0.0703. The van der Waals surface area contributed by atoms with E-state index >= 15 is 0 Å². The second-order valence-corrected chi connectivity index (χ2v) is 6.86. The number of carbonyl (C=O) groups is 1. The molecule has 22 heavy (non-hydrogen) atoms. The third-order valence-electron chi connectivity index (χ3n) is 3.72. The molecule has 0 spiro atoms. The highest BCUT2D eigenvalue weighted by Crippen LogP contribution is 2.26. The van der Waals surface area contributed by atoms with Gasteiger partial charge in [-0.15, -0.1) is 11.3 Å². The molecule has 7 nitrogen and oxygen atoms in total. The Kier molecular flexibility index (Phi) is 4.10. The maximum atomic E-state index is 12.3. The van der Waals surface area contributed by atoms with Gasteiger partial charge in [0.2, 0.25) is 5.89 Å². The van der Waals surface area contributed by atoms with Gasteiger partial charge in [0.25, 0.3) is 0 Å². The number of nitrogens with one attached hydrogen (secondary N) is 1. The molecule has 8 heteroatoms. The Labute approximate surface area is 132 Å². The standard InChI is InChI=1S/C14H19N5O2S/c1-8-6-15-13(22-8)9(2)16-14(20)19-5-4-11(7-19)12-17-10(3)18-21-12/h6,9,11H,4-5,7H2,1-3H3,(H,16,20). The lowest BCUT2D eigenvalue weighted by Gasteiger charge is -2.19. The lowest BCUT2D eigenvalue weighted by molar-refractivity contribution is 0.204. The van der Waals surface area contributed by atoms with E-state index in [-0.39, 0.29) is 18.0 Å². The van der Waals surface area contributed by atoms with Crippen molar-refractivity contribution in [2.75, 3.05) is 13.1 Å². The zero-order chi connectivity index (χ0) is 15.7. The summed E-state index contributed by atoms with van der Waals surface area (Å²) in [5.41, 5.74) is 0. The van der Waals surface area contributed by atoms with Gasteiger partial charge in [-0.05, 0) is 27.2 Å². The Morgan fingerprint density at radius 1 is 1.55 bits per heavy atom. The number of hydrogen-bond donors (Lipinski definition) is 1. The van der Waals surface area contributed by atoms with Crippen LogP contribution in [0.5, 0.6) is 0 Å². The van der Waals surface area contributed by atoms with Crippen LogP contribution in [0.1, 0.15) is 46.9 Å². The van der Waals surface area contributed by atoms with Gasteiger partial charge in [0.05, 0.1) is 12.0 Å². The van der Waals surface area contributed by atoms with Gasteiger partial charge in [0.15, 0.2) is 5.82 Å². The van der Waals surface area contributed by atoms with Gasteiger partial charge in [-0.25, -0.2) is 9.78 Å². The van der Waals surface area contributed by atoms with Crippen molar-refractivity contribution >= 4 is 17.4 Å². The fourth-order valence-corrected chi connectivity index (χ4v) is 3.31. The second kappa shape index (κ2) is 6.04. The Balaban J connectivity index is 1.57. The first-order chi connectivity index (χ1) is 10.5. The number of thiazole rings is 1. The van der Waals surface area contributed by atoms with Crippen molar-refractivity contribution in [2.45, 2.75) is 39.2 Å². The average molecular weight is 321 g/mol. The number of carbonyl (C=O) groups excluding carboxylic acids is 1. The molecule has 1 aliphatic rings. The van der Waals surface area contributed by atoms with Crippen LogP contribution in [-0.2, 0) is 0 Å². The van der Waals surface area contributed by atoms with Crippen molar-refractivity contribution in [2.24, 2.45) is 0 Å². The second-order valence-electron chi connectivity index (χ2n) is 5.59. The molecule has 2 atom stereocenters. The average Bonchev–Trinajstić information content (AvgIpc) is 3.18. The monoisotopic (exact) mass is 321 g/mol. The van der Waals surface area contributed by atoms with Gasteiger partial charge in [-0.1, -0.05) is 5.16 Å². The highest BCUT2D eigenvalue weighted by molar-refractivity contribution is 7.11. The number of aromatic nitrogens is 3. The first kappa shape index (κ1) is 15.0. The molecule has 1 aliphatic heterocycles. The third kappa shape index (κ3) is 3.11. The molecule has 0 saturated carbocycles. The summed E-state index contributed by atoms with van der Waals surface area (Å²) in [6.07, 6.45) is 2.67. The summed E-state index contributed by atoms with van der Waals surface area (Å²) in [7, 11) is 0. The Morgan fingerprint density at radius 2 is 2.36 bits per heavy atom. The van der Waals surface area contributed by atoms with E-state index in [0.717, 1.165) is 16.3 Å². The number of likely N-dealkylation sites (tertiary alicyclic amines) is 1. The van der Waals surface area contributed by atoms with Crippen LogP contribution in [0, 0.1) is 13.8 Å². The van der Waals surface area contributed by atoms with E-state index in [4.69, 9.17) is 4.52 Å². The topological polar surface area (TPSA) is 84.2 Å². The summed E-state index contributed by atoms with van der Waals surface area (Å²) in [5.74, 6) is 1.38. The summed E-state index contributed by atoms with van der Waals surface area (Å²) in [6.45, 7) is 7.06. The van der Waals surface area contributed by atoms with E-state index in [2.05, 4.69) is 20.4 Å². The van der Waals surface area contributed by atoms with Crippen LogP contribution in [0.3, 0.4) is 0 Å². The molecule has 1 fully saturated rings. The van der Waals surface area contributed by atoms with Crippen LogP contribution in [0.25, 0.3) is 0 Å². The fraction of sp³-hybridized carbons (Fsp3) is 0.571. The van der Waals surface area contributed by atoms with Gasteiger partial charge in [-0.3, -0.25) is 0 Å². The SMILES string of the molecule is Cc1noc(C2CCN(C(=O)NC(C)c3ncc(C)s3)C2)n1. The Bertz CT molecular complexity index is 668. The molecule has 2 unspecified atom stereocenters. The molecule has 2 amide bonds. The molecule has 0 radical (unpaired) electrons. The van der Waals surface area contributed by atoms with Crippen molar-refractivity contribution in [1.29, 1.82) is 0 Å². The quantitative estimate of drug-likeness (QED) is 0.938. The minimum atomic E-state index is -0.0871. The lowest BCUT2D eigenvalue weighted by atomic mass is 10.1. The van der Waals surface area contributed by atoms with E-state index in [1.165, 1.54) is 0 Å². The molecular formula is C14H19N5O2S. The molecular weight excluding hydrogens is 302 g/mol. The fourth-order valence-electron chi connectivity index (χ4n) is 2.54. The molecule has 0 aromatic carbocycles. The first-order valence-electron chi connectivity index (χ1n) is 7.31. The van der Waals surface area contributed by atoms with Crippen LogP contribution in [0.15, 0.2) is 10.7 Å². The minimum Gasteiger partial charge on any atom is -0.339 e. The lowest BCUT2D eigenvalue weighted by Crippen LogP contribution is -2.39. The number of amides is 2. The van der Waals surface area contributed by atoms with Crippen LogP contribution in [-0.4, -0.2) is 39.1 Å². The van der Waals surface area contributed by atoms with Crippen LogP contribution < -0.4 is 5.32 Å². The summed E-state index contributed by atoms with van der Waals surface area (Å²) < 4.78 is 5.20. The molecule has 1 saturated heterocycles. The maximum absolute atomic E-state index is 12.3. The predicted molar refractivity (Wildman–Crippen MR) is 81.8 cm³/mol. The van der Waals surface area contributed by atoms with Crippen LogP contribution in [0.2, 0.25) is 0 Å². The van der Waals surface area contributed by atoms with E-state index in [9.17, 15) is 4.79 Å². The normalized spacial score (nSPS) is 19.4. The zero-order valence-corrected chi connectivity index (χ0v) is 13.7. The summed E-state index contributed by atoms with van der Waals surface area (Å²) >= 11 is 1.60. The van der Waals surface area contributed by atoms with Crippen LogP contribution >= 0.6 is 11.3 Å². The van der Waals surface area contributed by atoms with E-state index in [1.807, 2.05) is 20.0 Å². The van der Waals surface area contributed by atoms with Gasteiger partial charge in [0, 0.05) is 24.2 Å². The van der Waals surface area contributed by atoms with Crippen molar-refractivity contribution in [3.63, 3.8) is 0 Å². The molecule has 0 aliphatic carbocycles. The van der Waals surface area contributed by atoms with E-state index in [1.54, 1.807) is 23.2 Å². The van der Waals surface area contributed by atoms with Crippen molar-refractivity contribution in [3.8, 4) is 0 Å². The maximum Gasteiger partial charge on any atom is 0.317 e. The summed E-state index contributed by atoms with van der Waals surface area (Å²) in [5, 5.41) is 7.73. The Hall–Kier alpha value is -1.96. The molecule has 0 bridgehead atoms. The molecule has 2 aromatic rings. The van der Waals surface area contributed by atoms with E-state index in [0.29, 0.717) is 24.8 Å². The van der Waals surface area contributed by atoms with Crippen LogP contribution in [0.4, 0.5) is 4.79 Å². The number of urea groups is 1. The summed E-state index contributed by atoms with van der Waals surface area (Å²) in [6, 6.07) is -0.157. The van der Waals surface area contributed by atoms with Gasteiger partial charge < -0.3 is 14.7 Å². The largest absolute Gasteiger partial charge is 0.339 e. The molecule has 1 N–H and O–H groups in total. The summed E-state index contributed by atoms with van der Waals surface area (Å²) in [4.78, 5) is 23.8. The number of nitrogens with zero attached hydrogens (tertiary/aromatic N) is 4. The first-order valence-corrected chi connectivity index (χ1v) is 8.12. The predicted octanol–water partition coefficient (Wildman–Crippen LogP) is 2.40. The number of aryl methyl sites for hydroxylation is 2. The van der Waals surface area contributed by atoms with Crippen molar-refractivity contribution in [1.82, 2.24) is 25.3 Å². The molecule has 3 rings (SSSR count). The Morgan fingerprint density at radius 3 is 3.00 bits per heavy atom. The van der Waals surface area contributed by atoms with Gasteiger partial charge in [0.1, 0.15) is 5.01 Å². The van der Waals surface area contributed by atoms with Gasteiger partial charge in [-0.2, -0.15) is 4.98 Å². The third-order valence-corrected chi connectivity index (χ3v) is 4.81. The molecule has 118 valence electrons. The highest BCUT2D eigenvalue weighted by atomic mass is 32.1. The smallest absolute Gasteiger partial charge is 0.317 e. The zero-order valence-electron chi connectivity index (χ0n) is 12.9. The highest BCUT2D eigenvalue weighted by Gasteiger charge is 2.31.